The Morgan fingerprint density at radius 1 is 1.20 bits per heavy atom. The predicted molar refractivity (Wildman–Crippen MR) is 70.4 cm³/mol. The SMILES string of the molecule is FC(F)(F)c1ccc(N2CC(n3cc(Br)cn3)C2)nc1. The molecule has 0 amide bonds. The molecule has 2 aromatic rings. The average molecular weight is 347 g/mol. The molecule has 106 valence electrons. The number of rotatable bonds is 2. The second-order valence-electron chi connectivity index (χ2n) is 4.60. The fraction of sp³-hybridized carbons (Fsp3) is 0.333. The number of hydrogen-bond donors (Lipinski definition) is 0. The second kappa shape index (κ2) is 4.76. The fourth-order valence-corrected chi connectivity index (χ4v) is 2.37. The van der Waals surface area contributed by atoms with E-state index in [9.17, 15) is 13.2 Å². The standard InChI is InChI=1S/C12H10BrF3N4/c13-9-4-18-20(5-9)10-6-19(7-10)11-2-1-8(3-17-11)12(14,15)16/h1-5,10H,6-7H2. The Balaban J connectivity index is 1.65. The topological polar surface area (TPSA) is 34.0 Å². The smallest absolute Gasteiger partial charge is 0.352 e. The van der Waals surface area contributed by atoms with Crippen LogP contribution in [0.2, 0.25) is 0 Å². The lowest BCUT2D eigenvalue weighted by Crippen LogP contribution is -2.48. The maximum absolute atomic E-state index is 12.4. The normalized spacial score (nSPS) is 16.3. The van der Waals surface area contributed by atoms with Gasteiger partial charge in [0.1, 0.15) is 5.82 Å². The maximum atomic E-state index is 12.4. The molecule has 0 N–H and O–H groups in total. The lowest BCUT2D eigenvalue weighted by atomic mass is 10.1. The number of hydrogen-bond acceptors (Lipinski definition) is 3. The van der Waals surface area contributed by atoms with Gasteiger partial charge in [-0.1, -0.05) is 0 Å². The molecule has 0 unspecified atom stereocenters. The van der Waals surface area contributed by atoms with Gasteiger partial charge in [-0.15, -0.1) is 0 Å². The third kappa shape index (κ3) is 2.52. The third-order valence-electron chi connectivity index (χ3n) is 3.21. The molecule has 20 heavy (non-hydrogen) atoms. The molecule has 1 saturated heterocycles. The maximum Gasteiger partial charge on any atom is 0.417 e. The van der Waals surface area contributed by atoms with Crippen LogP contribution in [0.5, 0.6) is 0 Å². The number of halogens is 4. The summed E-state index contributed by atoms with van der Waals surface area (Å²) in [6.07, 6.45) is 0.110. The molecule has 3 rings (SSSR count). The van der Waals surface area contributed by atoms with Crippen molar-refractivity contribution in [1.29, 1.82) is 0 Å². The first kappa shape index (κ1) is 13.4. The minimum absolute atomic E-state index is 0.227. The van der Waals surface area contributed by atoms with Crippen LogP contribution >= 0.6 is 15.9 Å². The van der Waals surface area contributed by atoms with Crippen molar-refractivity contribution in [1.82, 2.24) is 14.8 Å². The zero-order valence-corrected chi connectivity index (χ0v) is 11.8. The van der Waals surface area contributed by atoms with Gasteiger partial charge in [-0.25, -0.2) is 4.98 Å². The summed E-state index contributed by atoms with van der Waals surface area (Å²) in [6.45, 7) is 1.37. The Bertz CT molecular complexity index is 602. The molecule has 1 aliphatic heterocycles. The van der Waals surface area contributed by atoms with Crippen LogP contribution in [-0.4, -0.2) is 27.9 Å². The van der Waals surface area contributed by atoms with Gasteiger partial charge in [-0.3, -0.25) is 4.68 Å². The lowest BCUT2D eigenvalue weighted by molar-refractivity contribution is -0.137. The first-order valence-corrected chi connectivity index (χ1v) is 6.70. The van der Waals surface area contributed by atoms with Gasteiger partial charge in [-0.2, -0.15) is 18.3 Å². The van der Waals surface area contributed by atoms with Crippen LogP contribution in [0.15, 0.2) is 35.2 Å². The van der Waals surface area contributed by atoms with Crippen molar-refractivity contribution >= 4 is 21.7 Å². The van der Waals surface area contributed by atoms with Gasteiger partial charge in [0.15, 0.2) is 0 Å². The van der Waals surface area contributed by atoms with Crippen LogP contribution in [0.25, 0.3) is 0 Å². The van der Waals surface area contributed by atoms with E-state index in [1.165, 1.54) is 6.07 Å². The summed E-state index contributed by atoms with van der Waals surface area (Å²) >= 11 is 3.32. The summed E-state index contributed by atoms with van der Waals surface area (Å²) in [5.41, 5.74) is -0.727. The molecule has 2 aromatic heterocycles. The van der Waals surface area contributed by atoms with Crippen molar-refractivity contribution in [2.45, 2.75) is 12.2 Å². The molecule has 0 bridgehead atoms. The highest BCUT2D eigenvalue weighted by Gasteiger charge is 2.33. The van der Waals surface area contributed by atoms with Crippen molar-refractivity contribution in [2.75, 3.05) is 18.0 Å². The first-order valence-electron chi connectivity index (χ1n) is 5.91. The zero-order chi connectivity index (χ0) is 14.3. The highest BCUT2D eigenvalue weighted by atomic mass is 79.9. The molecule has 0 aliphatic carbocycles. The molecule has 0 spiro atoms. The Kier molecular flexibility index (Phi) is 3.19. The molecule has 0 radical (unpaired) electrons. The highest BCUT2D eigenvalue weighted by molar-refractivity contribution is 9.10. The summed E-state index contributed by atoms with van der Waals surface area (Å²) in [4.78, 5) is 5.78. The Morgan fingerprint density at radius 2 is 1.95 bits per heavy atom. The number of alkyl halides is 3. The van der Waals surface area contributed by atoms with Crippen LogP contribution in [0, 0.1) is 0 Å². The van der Waals surface area contributed by atoms with E-state index >= 15 is 0 Å². The predicted octanol–water partition coefficient (Wildman–Crippen LogP) is 3.12. The number of pyridine rings is 1. The van der Waals surface area contributed by atoms with E-state index in [0.29, 0.717) is 18.9 Å². The van der Waals surface area contributed by atoms with Crippen LogP contribution < -0.4 is 4.90 Å². The Morgan fingerprint density at radius 3 is 2.45 bits per heavy atom. The van der Waals surface area contributed by atoms with Crippen LogP contribution in [-0.2, 0) is 6.18 Å². The van der Waals surface area contributed by atoms with Gasteiger partial charge in [0.25, 0.3) is 0 Å². The van der Waals surface area contributed by atoms with Crippen LogP contribution in [0.1, 0.15) is 11.6 Å². The molecule has 0 saturated carbocycles. The third-order valence-corrected chi connectivity index (χ3v) is 3.62. The summed E-state index contributed by atoms with van der Waals surface area (Å²) in [6, 6.07) is 2.68. The first-order chi connectivity index (χ1) is 9.43. The van der Waals surface area contributed by atoms with Gasteiger partial charge in [0.2, 0.25) is 0 Å². The monoisotopic (exact) mass is 346 g/mol. The summed E-state index contributed by atoms with van der Waals surface area (Å²) in [5, 5.41) is 4.19. The Labute approximate surface area is 121 Å². The molecule has 1 fully saturated rings. The number of nitrogens with zero attached hydrogens (tertiary/aromatic N) is 4. The molecule has 8 heteroatoms. The number of anilines is 1. The van der Waals surface area contributed by atoms with Gasteiger partial charge in [0, 0.05) is 25.5 Å². The molecule has 1 aliphatic rings. The van der Waals surface area contributed by atoms with Crippen molar-refractivity contribution in [2.24, 2.45) is 0 Å². The van der Waals surface area contributed by atoms with Gasteiger partial charge < -0.3 is 4.90 Å². The molecular weight excluding hydrogens is 337 g/mol. The van der Waals surface area contributed by atoms with Crippen LogP contribution in [0.4, 0.5) is 19.0 Å². The minimum atomic E-state index is -4.34. The van der Waals surface area contributed by atoms with E-state index in [0.717, 1.165) is 16.7 Å². The van der Waals surface area contributed by atoms with Crippen molar-refractivity contribution in [3.8, 4) is 0 Å². The van der Waals surface area contributed by atoms with Crippen molar-refractivity contribution in [3.63, 3.8) is 0 Å². The summed E-state index contributed by atoms with van der Waals surface area (Å²) in [5.74, 6) is 0.556. The van der Waals surface area contributed by atoms with E-state index in [1.807, 2.05) is 15.8 Å². The fourth-order valence-electron chi connectivity index (χ4n) is 2.07. The minimum Gasteiger partial charge on any atom is -0.352 e. The summed E-state index contributed by atoms with van der Waals surface area (Å²) < 4.78 is 40.0. The largest absolute Gasteiger partial charge is 0.417 e. The van der Waals surface area contributed by atoms with Crippen molar-refractivity contribution < 1.29 is 13.2 Å². The highest BCUT2D eigenvalue weighted by Crippen LogP contribution is 2.31. The Hall–Kier alpha value is -1.57. The summed E-state index contributed by atoms with van der Waals surface area (Å²) in [7, 11) is 0. The van der Waals surface area contributed by atoms with E-state index in [-0.39, 0.29) is 6.04 Å². The molecule has 3 heterocycles. The van der Waals surface area contributed by atoms with Gasteiger partial charge >= 0.3 is 6.18 Å². The van der Waals surface area contributed by atoms with E-state index in [2.05, 4.69) is 26.0 Å². The molecule has 0 atom stereocenters. The molecule has 4 nitrogen and oxygen atoms in total. The van der Waals surface area contributed by atoms with E-state index in [4.69, 9.17) is 0 Å². The zero-order valence-electron chi connectivity index (χ0n) is 10.2. The average Bonchev–Trinajstić information content (AvgIpc) is 2.73. The number of aromatic nitrogens is 3. The molecule has 0 aromatic carbocycles. The second-order valence-corrected chi connectivity index (χ2v) is 5.52. The van der Waals surface area contributed by atoms with Gasteiger partial charge in [-0.05, 0) is 28.1 Å². The van der Waals surface area contributed by atoms with E-state index in [1.54, 1.807) is 6.20 Å². The van der Waals surface area contributed by atoms with Crippen molar-refractivity contribution in [3.05, 3.63) is 40.8 Å². The van der Waals surface area contributed by atoms with Crippen LogP contribution in [0.3, 0.4) is 0 Å². The van der Waals surface area contributed by atoms with Gasteiger partial charge in [0.05, 0.1) is 22.3 Å². The quantitative estimate of drug-likeness (QED) is 0.837. The molecular formula is C12H10BrF3N4. The van der Waals surface area contributed by atoms with E-state index < -0.39 is 11.7 Å². The lowest BCUT2D eigenvalue weighted by Gasteiger charge is -2.40.